The van der Waals surface area contributed by atoms with Crippen LogP contribution in [0.1, 0.15) is 28.4 Å². The molecule has 1 atom stereocenters. The lowest BCUT2D eigenvalue weighted by Gasteiger charge is -2.22. The number of amides is 2. The maximum Gasteiger partial charge on any atom is 0.263 e. The van der Waals surface area contributed by atoms with Gasteiger partial charge in [-0.15, -0.1) is 0 Å². The summed E-state index contributed by atoms with van der Waals surface area (Å²) >= 11 is 0. The molecule has 1 unspecified atom stereocenters. The number of carbonyl (C=O) groups excluding carboxylic acids is 2. The van der Waals surface area contributed by atoms with Gasteiger partial charge in [-0.25, -0.2) is 0 Å². The summed E-state index contributed by atoms with van der Waals surface area (Å²) in [5.41, 5.74) is 2.88. The molecule has 8 nitrogen and oxygen atoms in total. The van der Waals surface area contributed by atoms with Crippen LogP contribution in [-0.2, 0) is 17.8 Å². The van der Waals surface area contributed by atoms with Crippen LogP contribution in [0.3, 0.4) is 0 Å². The molecule has 0 spiro atoms. The maximum absolute atomic E-state index is 13.0. The van der Waals surface area contributed by atoms with Crippen molar-refractivity contribution in [1.29, 1.82) is 0 Å². The van der Waals surface area contributed by atoms with Crippen LogP contribution in [0.15, 0.2) is 60.7 Å². The largest absolute Gasteiger partial charge is 0.496 e. The average molecular weight is 491 g/mol. The van der Waals surface area contributed by atoms with E-state index in [4.69, 9.17) is 18.9 Å². The molecule has 0 saturated heterocycles. The normalized spacial score (nSPS) is 14.8. The number of anilines is 1. The van der Waals surface area contributed by atoms with Crippen molar-refractivity contribution in [3.05, 3.63) is 77.4 Å². The number of carbonyl (C=O) groups is 2. The molecule has 2 amide bonds. The number of para-hydroxylation sites is 1. The van der Waals surface area contributed by atoms with Gasteiger partial charge in [-0.2, -0.15) is 0 Å². The predicted octanol–water partition coefficient (Wildman–Crippen LogP) is 4.32. The van der Waals surface area contributed by atoms with Crippen LogP contribution in [0.2, 0.25) is 0 Å². The number of ether oxygens (including phenoxy) is 4. The zero-order valence-corrected chi connectivity index (χ0v) is 20.9. The molecule has 8 heteroatoms. The molecule has 0 aromatic heterocycles. The fourth-order valence-electron chi connectivity index (χ4n) is 4.20. The van der Waals surface area contributed by atoms with Crippen molar-refractivity contribution in [1.82, 2.24) is 4.90 Å². The van der Waals surface area contributed by atoms with Gasteiger partial charge in [0.1, 0.15) is 11.5 Å². The van der Waals surface area contributed by atoms with Crippen molar-refractivity contribution in [2.75, 3.05) is 33.2 Å². The number of fused-ring (bicyclic) bond motifs is 1. The Balaban J connectivity index is 1.51. The Morgan fingerprint density at radius 3 is 2.47 bits per heavy atom. The minimum atomic E-state index is -0.620. The second kappa shape index (κ2) is 11.0. The molecule has 3 aromatic carbocycles. The maximum atomic E-state index is 13.0. The van der Waals surface area contributed by atoms with Crippen LogP contribution in [0.4, 0.5) is 5.69 Å². The number of nitrogens with zero attached hydrogens (tertiary/aromatic N) is 1. The molecular weight excluding hydrogens is 460 g/mol. The third-order valence-electron chi connectivity index (χ3n) is 6.11. The first kappa shape index (κ1) is 24.9. The first-order valence-electron chi connectivity index (χ1n) is 11.7. The summed E-state index contributed by atoms with van der Waals surface area (Å²) in [5.74, 6) is 2.05. The number of hydrogen-bond acceptors (Lipinski definition) is 6. The Bertz CT molecular complexity index is 1260. The Hall–Kier alpha value is -4.20. The van der Waals surface area contributed by atoms with Crippen LogP contribution in [0.25, 0.3) is 0 Å². The summed E-state index contributed by atoms with van der Waals surface area (Å²) in [6, 6.07) is 18.2. The average Bonchev–Trinajstić information content (AvgIpc) is 3.02. The monoisotopic (exact) mass is 490 g/mol. The first-order valence-corrected chi connectivity index (χ1v) is 11.7. The second-order valence-electron chi connectivity index (χ2n) is 8.44. The number of rotatable bonds is 8. The van der Waals surface area contributed by atoms with E-state index in [1.807, 2.05) is 30.3 Å². The predicted molar refractivity (Wildman–Crippen MR) is 136 cm³/mol. The summed E-state index contributed by atoms with van der Waals surface area (Å²) in [4.78, 5) is 27.7. The quantitative estimate of drug-likeness (QED) is 0.506. The smallest absolute Gasteiger partial charge is 0.263 e. The van der Waals surface area contributed by atoms with E-state index in [-0.39, 0.29) is 11.8 Å². The van der Waals surface area contributed by atoms with E-state index in [1.54, 1.807) is 56.4 Å². The lowest BCUT2D eigenvalue weighted by molar-refractivity contribution is -0.137. The number of benzene rings is 3. The standard InChI is InChI=1S/C28H30N2O6/c1-18-28(32)30(14-13-19-9-11-25(34-3)26(15-19)35-4)17-20-16-21(10-12-23(20)36-18)29-27(31)22-7-5-6-8-24(22)33-2/h5-12,15-16,18H,13-14,17H2,1-4H3,(H,29,31). The number of nitrogens with one attached hydrogen (secondary N) is 1. The zero-order chi connectivity index (χ0) is 25.7. The first-order chi connectivity index (χ1) is 17.4. The Morgan fingerprint density at radius 1 is 0.972 bits per heavy atom. The fraction of sp³-hybridized carbons (Fsp3) is 0.286. The van der Waals surface area contributed by atoms with Gasteiger partial charge in [0.05, 0.1) is 26.9 Å². The molecule has 0 aliphatic carbocycles. The van der Waals surface area contributed by atoms with Crippen LogP contribution >= 0.6 is 0 Å². The zero-order valence-electron chi connectivity index (χ0n) is 20.9. The number of methoxy groups -OCH3 is 3. The molecular formula is C28H30N2O6. The minimum Gasteiger partial charge on any atom is -0.496 e. The van der Waals surface area contributed by atoms with Crippen molar-refractivity contribution in [3.63, 3.8) is 0 Å². The Kier molecular flexibility index (Phi) is 7.63. The minimum absolute atomic E-state index is 0.0914. The number of hydrogen-bond donors (Lipinski definition) is 1. The van der Waals surface area contributed by atoms with Gasteiger partial charge in [-0.1, -0.05) is 18.2 Å². The van der Waals surface area contributed by atoms with E-state index >= 15 is 0 Å². The van der Waals surface area contributed by atoms with Gasteiger partial charge in [0.15, 0.2) is 17.6 Å². The summed E-state index contributed by atoms with van der Waals surface area (Å²) in [6.45, 7) is 2.61. The SMILES string of the molecule is COc1ccc(CCN2Cc3cc(NC(=O)c4ccccc4OC)ccc3OC(C)C2=O)cc1OC. The highest BCUT2D eigenvalue weighted by Gasteiger charge is 2.28. The lowest BCUT2D eigenvalue weighted by atomic mass is 10.1. The Morgan fingerprint density at radius 2 is 1.72 bits per heavy atom. The van der Waals surface area contributed by atoms with Crippen molar-refractivity contribution in [2.24, 2.45) is 0 Å². The van der Waals surface area contributed by atoms with Crippen LogP contribution < -0.4 is 24.3 Å². The van der Waals surface area contributed by atoms with Crippen LogP contribution in [-0.4, -0.2) is 50.7 Å². The summed E-state index contributed by atoms with van der Waals surface area (Å²) in [7, 11) is 4.72. The van der Waals surface area contributed by atoms with Crippen molar-refractivity contribution in [2.45, 2.75) is 26.0 Å². The van der Waals surface area contributed by atoms with Crippen LogP contribution in [0.5, 0.6) is 23.0 Å². The van der Waals surface area contributed by atoms with Crippen LogP contribution in [0, 0.1) is 0 Å². The molecule has 1 heterocycles. The highest BCUT2D eigenvalue weighted by molar-refractivity contribution is 6.06. The van der Waals surface area contributed by atoms with Gasteiger partial charge in [-0.3, -0.25) is 9.59 Å². The van der Waals surface area contributed by atoms with E-state index < -0.39 is 6.10 Å². The molecule has 1 aliphatic heterocycles. The van der Waals surface area contributed by atoms with E-state index in [0.29, 0.717) is 53.8 Å². The molecule has 188 valence electrons. The topological polar surface area (TPSA) is 86.3 Å². The van der Waals surface area contributed by atoms with Gasteiger partial charge < -0.3 is 29.2 Å². The van der Waals surface area contributed by atoms with E-state index in [1.165, 1.54) is 7.11 Å². The van der Waals surface area contributed by atoms with Gasteiger partial charge in [0.2, 0.25) is 0 Å². The lowest BCUT2D eigenvalue weighted by Crippen LogP contribution is -2.39. The van der Waals surface area contributed by atoms with Crippen molar-refractivity contribution < 1.29 is 28.5 Å². The highest BCUT2D eigenvalue weighted by atomic mass is 16.5. The third-order valence-corrected chi connectivity index (χ3v) is 6.11. The van der Waals surface area contributed by atoms with E-state index in [9.17, 15) is 9.59 Å². The molecule has 4 rings (SSSR count). The van der Waals surface area contributed by atoms with Gasteiger partial charge in [-0.05, 0) is 61.4 Å². The third kappa shape index (κ3) is 5.38. The van der Waals surface area contributed by atoms with Gasteiger partial charge in [0.25, 0.3) is 11.8 Å². The van der Waals surface area contributed by atoms with E-state index in [0.717, 1.165) is 11.1 Å². The molecule has 3 aromatic rings. The molecule has 0 saturated carbocycles. The molecule has 0 fully saturated rings. The van der Waals surface area contributed by atoms with Crippen molar-refractivity contribution >= 4 is 17.5 Å². The van der Waals surface area contributed by atoms with Gasteiger partial charge in [0, 0.05) is 24.3 Å². The highest BCUT2D eigenvalue weighted by Crippen LogP contribution is 2.31. The molecule has 0 radical (unpaired) electrons. The second-order valence-corrected chi connectivity index (χ2v) is 8.44. The van der Waals surface area contributed by atoms with Gasteiger partial charge >= 0.3 is 0 Å². The summed E-state index contributed by atoms with van der Waals surface area (Å²) < 4.78 is 21.9. The Labute approximate surface area is 210 Å². The summed E-state index contributed by atoms with van der Waals surface area (Å²) in [5, 5.41) is 2.92. The molecule has 1 N–H and O–H groups in total. The molecule has 0 bridgehead atoms. The van der Waals surface area contributed by atoms with Crippen molar-refractivity contribution in [3.8, 4) is 23.0 Å². The summed E-state index contributed by atoms with van der Waals surface area (Å²) in [6.07, 6.45) is 0.0175. The van der Waals surface area contributed by atoms with E-state index in [2.05, 4.69) is 5.32 Å². The molecule has 36 heavy (non-hydrogen) atoms. The fourth-order valence-corrected chi connectivity index (χ4v) is 4.20. The molecule has 1 aliphatic rings.